The van der Waals surface area contributed by atoms with Crippen molar-refractivity contribution in [3.8, 4) is 0 Å². The quantitative estimate of drug-likeness (QED) is 0.606. The lowest BCUT2D eigenvalue weighted by atomic mass is 10.1. The maximum absolute atomic E-state index is 11.5. The van der Waals surface area contributed by atoms with Gasteiger partial charge in [0, 0.05) is 12.6 Å². The molecule has 0 aliphatic heterocycles. The van der Waals surface area contributed by atoms with E-state index in [1.54, 1.807) is 18.2 Å². The van der Waals surface area contributed by atoms with Gasteiger partial charge in [-0.3, -0.25) is 4.79 Å². The van der Waals surface area contributed by atoms with Gasteiger partial charge in [0.25, 0.3) is 5.91 Å². The van der Waals surface area contributed by atoms with E-state index in [-0.39, 0.29) is 12.5 Å². The minimum Gasteiger partial charge on any atom is -0.452 e. The molecular weight excluding hydrogens is 325 g/mol. The predicted octanol–water partition coefficient (Wildman–Crippen LogP) is 3.71. The molecule has 1 aromatic rings. The molecule has 0 bridgehead atoms. The third kappa shape index (κ3) is 6.96. The van der Waals surface area contributed by atoms with Crippen molar-refractivity contribution in [1.29, 1.82) is 0 Å². The predicted molar refractivity (Wildman–Crippen MR) is 88.9 cm³/mol. The molecule has 1 aromatic carbocycles. The molecule has 1 rings (SSSR count). The van der Waals surface area contributed by atoms with Crippen LogP contribution in [0.3, 0.4) is 0 Å². The number of ether oxygens (including phenoxy) is 1. The molecule has 22 heavy (non-hydrogen) atoms. The van der Waals surface area contributed by atoms with E-state index < -0.39 is 5.97 Å². The van der Waals surface area contributed by atoms with Crippen LogP contribution in [0.5, 0.6) is 0 Å². The number of hydrogen-bond acceptors (Lipinski definition) is 3. The molecule has 1 N–H and O–H groups in total. The summed E-state index contributed by atoms with van der Waals surface area (Å²) in [5.74, 6) is -0.425. The Kier molecular flexibility index (Phi) is 7.99. The maximum atomic E-state index is 11.5. The minimum absolute atomic E-state index is 0.301. The fraction of sp³-hybridized carbons (Fsp3) is 0.375. The van der Waals surface area contributed by atoms with E-state index in [0.29, 0.717) is 28.1 Å². The van der Waals surface area contributed by atoms with Gasteiger partial charge in [-0.2, -0.15) is 0 Å². The summed E-state index contributed by atoms with van der Waals surface area (Å²) in [6.07, 6.45) is 3.58. The highest BCUT2D eigenvalue weighted by atomic mass is 35.5. The number of rotatable bonds is 7. The largest absolute Gasteiger partial charge is 0.452 e. The third-order valence-corrected chi connectivity index (χ3v) is 3.60. The third-order valence-electron chi connectivity index (χ3n) is 2.77. The lowest BCUT2D eigenvalue weighted by Gasteiger charge is -2.07. The fourth-order valence-corrected chi connectivity index (χ4v) is 1.91. The summed E-state index contributed by atoms with van der Waals surface area (Å²) < 4.78 is 4.84. The molecule has 0 aliphatic carbocycles. The first-order valence-corrected chi connectivity index (χ1v) is 7.71. The van der Waals surface area contributed by atoms with Gasteiger partial charge in [0.2, 0.25) is 0 Å². The molecule has 0 saturated carbocycles. The van der Waals surface area contributed by atoms with Crippen LogP contribution < -0.4 is 5.32 Å². The first kappa shape index (κ1) is 18.5. The van der Waals surface area contributed by atoms with Crippen molar-refractivity contribution in [2.45, 2.75) is 20.3 Å². The van der Waals surface area contributed by atoms with Crippen LogP contribution in [0.4, 0.5) is 0 Å². The Balaban J connectivity index is 2.38. The number of hydrogen-bond donors (Lipinski definition) is 1. The number of carbonyl (C=O) groups excluding carboxylic acids is 2. The summed E-state index contributed by atoms with van der Waals surface area (Å²) in [6.45, 7) is 4.41. The van der Waals surface area contributed by atoms with Crippen LogP contribution in [0.2, 0.25) is 10.0 Å². The normalized spacial score (nSPS) is 11.0. The van der Waals surface area contributed by atoms with Crippen LogP contribution in [-0.2, 0) is 14.3 Å². The van der Waals surface area contributed by atoms with E-state index in [0.717, 1.165) is 6.42 Å². The Morgan fingerprint density at radius 3 is 2.73 bits per heavy atom. The molecule has 0 unspecified atom stereocenters. The molecule has 0 spiro atoms. The summed E-state index contributed by atoms with van der Waals surface area (Å²) in [5.41, 5.74) is 0.604. The first-order chi connectivity index (χ1) is 10.4. The van der Waals surface area contributed by atoms with Gasteiger partial charge in [0.15, 0.2) is 6.61 Å². The highest BCUT2D eigenvalue weighted by molar-refractivity contribution is 6.42. The number of carbonyl (C=O) groups is 2. The van der Waals surface area contributed by atoms with E-state index in [9.17, 15) is 9.59 Å². The Morgan fingerprint density at radius 1 is 1.32 bits per heavy atom. The molecule has 0 radical (unpaired) electrons. The summed E-state index contributed by atoms with van der Waals surface area (Å²) in [6, 6.07) is 5.10. The van der Waals surface area contributed by atoms with Gasteiger partial charge in [-0.15, -0.1) is 0 Å². The van der Waals surface area contributed by atoms with Gasteiger partial charge in [0.05, 0.1) is 10.0 Å². The smallest absolute Gasteiger partial charge is 0.331 e. The lowest BCUT2D eigenvalue weighted by molar-refractivity contribution is -0.143. The monoisotopic (exact) mass is 343 g/mol. The standard InChI is InChI=1S/C16H19Cl2NO3/c1-11(2)8-9-19-14(20)10-22-15(21)7-6-12-4-3-5-13(17)16(12)18/h3-7,11H,8-10H2,1-2H3,(H,19,20)/b7-6+. The summed E-state index contributed by atoms with van der Waals surface area (Å²) >= 11 is 11.9. The number of amides is 1. The summed E-state index contributed by atoms with van der Waals surface area (Å²) in [5, 5.41) is 3.45. The van der Waals surface area contributed by atoms with Crippen molar-refractivity contribution in [2.24, 2.45) is 5.92 Å². The fourth-order valence-electron chi connectivity index (χ4n) is 1.54. The second-order valence-electron chi connectivity index (χ2n) is 5.12. The second-order valence-corrected chi connectivity index (χ2v) is 5.90. The van der Waals surface area contributed by atoms with Crippen molar-refractivity contribution in [1.82, 2.24) is 5.32 Å². The number of halogens is 2. The van der Waals surface area contributed by atoms with Crippen LogP contribution in [0, 0.1) is 5.92 Å². The zero-order valence-electron chi connectivity index (χ0n) is 12.6. The molecule has 4 nitrogen and oxygen atoms in total. The zero-order valence-corrected chi connectivity index (χ0v) is 14.1. The van der Waals surface area contributed by atoms with Gasteiger partial charge in [-0.05, 0) is 30.0 Å². The highest BCUT2D eigenvalue weighted by Gasteiger charge is 2.06. The van der Waals surface area contributed by atoms with Crippen LogP contribution in [-0.4, -0.2) is 25.0 Å². The van der Waals surface area contributed by atoms with E-state index >= 15 is 0 Å². The Hall–Kier alpha value is -1.52. The van der Waals surface area contributed by atoms with Crippen molar-refractivity contribution >= 4 is 41.2 Å². The van der Waals surface area contributed by atoms with Gasteiger partial charge in [-0.1, -0.05) is 49.2 Å². The molecule has 1 amide bonds. The molecule has 0 aromatic heterocycles. The van der Waals surface area contributed by atoms with Gasteiger partial charge < -0.3 is 10.1 Å². The molecule has 0 atom stereocenters. The zero-order chi connectivity index (χ0) is 16.5. The molecule has 0 heterocycles. The summed E-state index contributed by atoms with van der Waals surface area (Å²) in [7, 11) is 0. The van der Waals surface area contributed by atoms with Crippen molar-refractivity contribution in [3.05, 3.63) is 39.9 Å². The minimum atomic E-state index is -0.616. The average Bonchev–Trinajstić information content (AvgIpc) is 2.46. The molecular formula is C16H19Cl2NO3. The Morgan fingerprint density at radius 2 is 2.05 bits per heavy atom. The lowest BCUT2D eigenvalue weighted by Crippen LogP contribution is -2.29. The second kappa shape index (κ2) is 9.49. The van der Waals surface area contributed by atoms with E-state index in [2.05, 4.69) is 19.2 Å². The van der Waals surface area contributed by atoms with Crippen molar-refractivity contribution in [2.75, 3.05) is 13.2 Å². The number of benzene rings is 1. The van der Waals surface area contributed by atoms with Crippen LogP contribution in [0.15, 0.2) is 24.3 Å². The van der Waals surface area contributed by atoms with E-state index in [1.807, 2.05) is 0 Å². The maximum Gasteiger partial charge on any atom is 0.331 e. The van der Waals surface area contributed by atoms with Gasteiger partial charge >= 0.3 is 5.97 Å². The molecule has 6 heteroatoms. The van der Waals surface area contributed by atoms with E-state index in [4.69, 9.17) is 27.9 Å². The average molecular weight is 344 g/mol. The van der Waals surface area contributed by atoms with Gasteiger partial charge in [-0.25, -0.2) is 4.79 Å². The summed E-state index contributed by atoms with van der Waals surface area (Å²) in [4.78, 5) is 23.0. The number of esters is 1. The SMILES string of the molecule is CC(C)CCNC(=O)COC(=O)/C=C/c1cccc(Cl)c1Cl. The van der Waals surface area contributed by atoms with Crippen LogP contribution in [0.1, 0.15) is 25.8 Å². The van der Waals surface area contributed by atoms with Crippen LogP contribution in [0.25, 0.3) is 6.08 Å². The van der Waals surface area contributed by atoms with Crippen molar-refractivity contribution in [3.63, 3.8) is 0 Å². The Labute approximate surface area is 140 Å². The molecule has 120 valence electrons. The van der Waals surface area contributed by atoms with E-state index in [1.165, 1.54) is 12.2 Å². The molecule has 0 fully saturated rings. The van der Waals surface area contributed by atoms with Crippen LogP contribution >= 0.6 is 23.2 Å². The molecule has 0 aliphatic rings. The first-order valence-electron chi connectivity index (χ1n) is 6.95. The topological polar surface area (TPSA) is 55.4 Å². The van der Waals surface area contributed by atoms with Gasteiger partial charge in [0.1, 0.15) is 0 Å². The Bertz CT molecular complexity index is 556. The number of nitrogens with one attached hydrogen (secondary N) is 1. The van der Waals surface area contributed by atoms with Crippen molar-refractivity contribution < 1.29 is 14.3 Å². The highest BCUT2D eigenvalue weighted by Crippen LogP contribution is 2.26. The molecule has 0 saturated heterocycles.